The van der Waals surface area contributed by atoms with Gasteiger partial charge in [0.2, 0.25) is 18.2 Å². The number of benzene rings is 1. The summed E-state index contributed by atoms with van der Waals surface area (Å²) >= 11 is 0. The Morgan fingerprint density at radius 1 is 1.48 bits per heavy atom. The summed E-state index contributed by atoms with van der Waals surface area (Å²) in [6.45, 7) is 1.99. The summed E-state index contributed by atoms with van der Waals surface area (Å²) in [5.74, 6) is 0.923. The molecule has 1 unspecified atom stereocenters. The zero-order valence-corrected chi connectivity index (χ0v) is 11.7. The summed E-state index contributed by atoms with van der Waals surface area (Å²) in [6, 6.07) is 7.42. The lowest BCUT2D eigenvalue weighted by Gasteiger charge is -2.22. The first-order valence-corrected chi connectivity index (χ1v) is 7.18. The average molecular weight is 286 g/mol. The molecule has 0 spiro atoms. The van der Waals surface area contributed by atoms with Gasteiger partial charge in [-0.15, -0.1) is 10.2 Å². The summed E-state index contributed by atoms with van der Waals surface area (Å²) in [6.07, 6.45) is 4.10. The van der Waals surface area contributed by atoms with E-state index in [9.17, 15) is 4.79 Å². The molecule has 6 nitrogen and oxygen atoms in total. The molecule has 2 N–H and O–H groups in total. The number of piperidine rings is 1. The minimum absolute atomic E-state index is 0.0476. The molecule has 1 amide bonds. The van der Waals surface area contributed by atoms with Crippen LogP contribution in [-0.2, 0) is 4.79 Å². The van der Waals surface area contributed by atoms with E-state index in [0.29, 0.717) is 18.2 Å². The van der Waals surface area contributed by atoms with Crippen LogP contribution in [0.25, 0.3) is 11.5 Å². The molecular formula is C15H18N4O2. The third kappa shape index (κ3) is 3.66. The number of hydrogen-bond acceptors (Lipinski definition) is 5. The van der Waals surface area contributed by atoms with Gasteiger partial charge in [0.15, 0.2) is 0 Å². The fraction of sp³-hybridized carbons (Fsp3) is 0.400. The first kappa shape index (κ1) is 13.8. The summed E-state index contributed by atoms with van der Waals surface area (Å²) in [5.41, 5.74) is 1.55. The molecular weight excluding hydrogens is 268 g/mol. The van der Waals surface area contributed by atoms with Crippen LogP contribution in [0.1, 0.15) is 19.3 Å². The molecule has 21 heavy (non-hydrogen) atoms. The lowest BCUT2D eigenvalue weighted by molar-refractivity contribution is -0.117. The zero-order chi connectivity index (χ0) is 14.5. The highest BCUT2D eigenvalue weighted by Gasteiger charge is 2.17. The Kier molecular flexibility index (Phi) is 4.25. The van der Waals surface area contributed by atoms with Gasteiger partial charge >= 0.3 is 0 Å². The third-order valence-electron chi connectivity index (χ3n) is 3.63. The van der Waals surface area contributed by atoms with Gasteiger partial charge in [-0.3, -0.25) is 4.79 Å². The predicted octanol–water partition coefficient (Wildman–Crippen LogP) is 2.06. The monoisotopic (exact) mass is 286 g/mol. The van der Waals surface area contributed by atoms with Crippen LogP contribution in [0.15, 0.2) is 35.1 Å². The van der Waals surface area contributed by atoms with E-state index in [-0.39, 0.29) is 5.91 Å². The largest absolute Gasteiger partial charge is 0.423 e. The van der Waals surface area contributed by atoms with E-state index < -0.39 is 0 Å². The van der Waals surface area contributed by atoms with Crippen molar-refractivity contribution in [1.82, 2.24) is 15.5 Å². The molecule has 0 radical (unpaired) electrons. The second-order valence-electron chi connectivity index (χ2n) is 5.29. The van der Waals surface area contributed by atoms with Crippen LogP contribution >= 0.6 is 0 Å². The standard InChI is InChI=1S/C15H18N4O2/c20-14(7-11-3-2-6-16-9-11)18-13-5-1-4-12(8-13)15-19-17-10-21-15/h1,4-5,8,10-11,16H,2-3,6-7,9H2,(H,18,20). The van der Waals surface area contributed by atoms with Crippen LogP contribution < -0.4 is 10.6 Å². The fourth-order valence-electron chi connectivity index (χ4n) is 2.60. The number of nitrogens with one attached hydrogen (secondary N) is 2. The van der Waals surface area contributed by atoms with E-state index >= 15 is 0 Å². The van der Waals surface area contributed by atoms with Crippen LogP contribution in [0.5, 0.6) is 0 Å². The van der Waals surface area contributed by atoms with Crippen molar-refractivity contribution in [2.24, 2.45) is 5.92 Å². The Balaban J connectivity index is 1.62. The predicted molar refractivity (Wildman–Crippen MR) is 78.6 cm³/mol. The number of aromatic nitrogens is 2. The minimum atomic E-state index is 0.0476. The van der Waals surface area contributed by atoms with Crippen molar-refractivity contribution >= 4 is 11.6 Å². The number of nitrogens with zero attached hydrogens (tertiary/aromatic N) is 2. The van der Waals surface area contributed by atoms with Crippen molar-refractivity contribution in [1.29, 1.82) is 0 Å². The second-order valence-corrected chi connectivity index (χ2v) is 5.29. The van der Waals surface area contributed by atoms with Crippen LogP contribution in [0.2, 0.25) is 0 Å². The molecule has 6 heteroatoms. The van der Waals surface area contributed by atoms with Gasteiger partial charge in [-0.2, -0.15) is 0 Å². The van der Waals surface area contributed by atoms with Gasteiger partial charge in [0, 0.05) is 17.7 Å². The molecule has 1 atom stereocenters. The quantitative estimate of drug-likeness (QED) is 0.899. The third-order valence-corrected chi connectivity index (χ3v) is 3.63. The zero-order valence-electron chi connectivity index (χ0n) is 11.7. The van der Waals surface area contributed by atoms with E-state index in [2.05, 4.69) is 20.8 Å². The lowest BCUT2D eigenvalue weighted by Crippen LogP contribution is -2.32. The van der Waals surface area contributed by atoms with Gasteiger partial charge in [-0.25, -0.2) is 0 Å². The fourth-order valence-corrected chi connectivity index (χ4v) is 2.60. The highest BCUT2D eigenvalue weighted by molar-refractivity contribution is 5.91. The average Bonchev–Trinajstić information content (AvgIpc) is 3.02. The van der Waals surface area contributed by atoms with Crippen molar-refractivity contribution in [3.05, 3.63) is 30.7 Å². The van der Waals surface area contributed by atoms with E-state index in [1.807, 2.05) is 24.3 Å². The van der Waals surface area contributed by atoms with E-state index in [4.69, 9.17) is 4.42 Å². The molecule has 0 aliphatic carbocycles. The highest BCUT2D eigenvalue weighted by Crippen LogP contribution is 2.21. The van der Waals surface area contributed by atoms with Crippen LogP contribution in [0, 0.1) is 5.92 Å². The van der Waals surface area contributed by atoms with Gasteiger partial charge in [0.05, 0.1) is 0 Å². The molecule has 1 aromatic heterocycles. The van der Waals surface area contributed by atoms with Gasteiger partial charge < -0.3 is 15.1 Å². The first-order chi connectivity index (χ1) is 10.3. The summed E-state index contributed by atoms with van der Waals surface area (Å²) in [5, 5.41) is 13.8. The Morgan fingerprint density at radius 3 is 3.19 bits per heavy atom. The smallest absolute Gasteiger partial charge is 0.247 e. The number of hydrogen-bond donors (Lipinski definition) is 2. The Bertz CT molecular complexity index is 591. The molecule has 1 aliphatic heterocycles. The molecule has 3 rings (SSSR count). The van der Waals surface area contributed by atoms with Gasteiger partial charge in [-0.05, 0) is 50.0 Å². The van der Waals surface area contributed by atoms with E-state index in [1.165, 1.54) is 6.39 Å². The molecule has 1 fully saturated rings. The van der Waals surface area contributed by atoms with Crippen molar-refractivity contribution in [2.45, 2.75) is 19.3 Å². The maximum atomic E-state index is 12.1. The van der Waals surface area contributed by atoms with Gasteiger partial charge in [-0.1, -0.05) is 6.07 Å². The summed E-state index contributed by atoms with van der Waals surface area (Å²) < 4.78 is 5.16. The van der Waals surface area contributed by atoms with Crippen LogP contribution in [0.4, 0.5) is 5.69 Å². The minimum Gasteiger partial charge on any atom is -0.423 e. The maximum Gasteiger partial charge on any atom is 0.247 e. The number of rotatable bonds is 4. The SMILES string of the molecule is O=C(CC1CCCNC1)Nc1cccc(-c2nnco2)c1. The normalized spacial score (nSPS) is 18.4. The molecule has 110 valence electrons. The number of amides is 1. The first-order valence-electron chi connectivity index (χ1n) is 7.18. The number of carbonyl (C=O) groups is 1. The van der Waals surface area contributed by atoms with E-state index in [1.54, 1.807) is 0 Å². The summed E-state index contributed by atoms with van der Waals surface area (Å²) in [4.78, 5) is 12.1. The Morgan fingerprint density at radius 2 is 2.43 bits per heavy atom. The van der Waals surface area contributed by atoms with Crippen LogP contribution in [-0.4, -0.2) is 29.2 Å². The lowest BCUT2D eigenvalue weighted by atomic mass is 9.96. The molecule has 1 saturated heterocycles. The van der Waals surface area contributed by atoms with Crippen molar-refractivity contribution in [2.75, 3.05) is 18.4 Å². The van der Waals surface area contributed by atoms with Crippen molar-refractivity contribution in [3.63, 3.8) is 0 Å². The number of carbonyl (C=O) groups excluding carboxylic acids is 1. The van der Waals surface area contributed by atoms with Crippen molar-refractivity contribution in [3.8, 4) is 11.5 Å². The molecule has 2 aromatic rings. The molecule has 1 aliphatic rings. The Labute approximate surface area is 123 Å². The topological polar surface area (TPSA) is 80.0 Å². The second kappa shape index (κ2) is 6.49. The molecule has 2 heterocycles. The van der Waals surface area contributed by atoms with Gasteiger partial charge in [0.25, 0.3) is 0 Å². The summed E-state index contributed by atoms with van der Waals surface area (Å²) in [7, 11) is 0. The van der Waals surface area contributed by atoms with E-state index in [0.717, 1.165) is 37.2 Å². The van der Waals surface area contributed by atoms with Gasteiger partial charge in [0.1, 0.15) is 0 Å². The molecule has 0 bridgehead atoms. The Hall–Kier alpha value is -2.21. The highest BCUT2D eigenvalue weighted by atomic mass is 16.4. The molecule has 1 aromatic carbocycles. The molecule has 0 saturated carbocycles. The van der Waals surface area contributed by atoms with Crippen molar-refractivity contribution < 1.29 is 9.21 Å². The number of anilines is 1. The maximum absolute atomic E-state index is 12.1. The van der Waals surface area contributed by atoms with Crippen LogP contribution in [0.3, 0.4) is 0 Å².